The van der Waals surface area contributed by atoms with E-state index in [9.17, 15) is 4.79 Å². The monoisotopic (exact) mass is 322 g/mol. The summed E-state index contributed by atoms with van der Waals surface area (Å²) >= 11 is 0. The summed E-state index contributed by atoms with van der Waals surface area (Å²) in [4.78, 5) is 16.0. The fourth-order valence-corrected chi connectivity index (χ4v) is 2.40. The number of rotatable bonds is 8. The Morgan fingerprint density at radius 1 is 1.25 bits per heavy atom. The molecule has 0 fully saturated rings. The quantitative estimate of drug-likeness (QED) is 0.758. The van der Waals surface area contributed by atoms with E-state index in [0.717, 1.165) is 11.3 Å². The molecule has 2 heterocycles. The van der Waals surface area contributed by atoms with E-state index in [0.29, 0.717) is 32.2 Å². The van der Waals surface area contributed by atoms with Crippen LogP contribution in [-0.4, -0.2) is 26.3 Å². The second-order valence-electron chi connectivity index (χ2n) is 5.72. The van der Waals surface area contributed by atoms with Gasteiger partial charge in [0.15, 0.2) is 5.66 Å². The zero-order valence-electron chi connectivity index (χ0n) is 13.2. The van der Waals surface area contributed by atoms with E-state index in [-0.39, 0.29) is 5.91 Å². The largest absolute Gasteiger partial charge is 0.326 e. The first-order valence-electron chi connectivity index (χ1n) is 7.78. The van der Waals surface area contributed by atoms with Crippen molar-refractivity contribution >= 4 is 11.6 Å². The van der Waals surface area contributed by atoms with Gasteiger partial charge in [-0.2, -0.15) is 15.3 Å². The molecule has 0 spiro atoms. The molecule has 7 heteroatoms. The van der Waals surface area contributed by atoms with Gasteiger partial charge in [-0.3, -0.25) is 4.79 Å². The van der Waals surface area contributed by atoms with E-state index in [4.69, 9.17) is 6.42 Å². The first-order chi connectivity index (χ1) is 11.7. The van der Waals surface area contributed by atoms with E-state index in [1.165, 1.54) is 6.33 Å². The van der Waals surface area contributed by atoms with Gasteiger partial charge in [-0.1, -0.05) is 12.1 Å². The van der Waals surface area contributed by atoms with E-state index in [1.54, 1.807) is 11.0 Å². The average Bonchev–Trinajstić information content (AvgIpc) is 3.18. The third-order valence-corrected chi connectivity index (χ3v) is 3.85. The first-order valence-corrected chi connectivity index (χ1v) is 7.78. The predicted octanol–water partition coefficient (Wildman–Crippen LogP) is 2.62. The van der Waals surface area contributed by atoms with Gasteiger partial charge in [0.05, 0.1) is 6.54 Å². The van der Waals surface area contributed by atoms with Crippen LogP contribution in [0.4, 0.5) is 5.69 Å². The molecule has 0 saturated carbocycles. The Balaban J connectivity index is 1.45. The highest BCUT2D eigenvalue weighted by molar-refractivity contribution is 5.90. The molecule has 7 nitrogen and oxygen atoms in total. The Labute approximate surface area is 140 Å². The normalized spacial score (nSPS) is 14.1. The Morgan fingerprint density at radius 2 is 2.04 bits per heavy atom. The topological polar surface area (TPSA) is 84.5 Å². The van der Waals surface area contributed by atoms with Gasteiger partial charge in [-0.05, 0) is 17.7 Å². The second kappa shape index (κ2) is 7.04. The molecule has 122 valence electrons. The van der Waals surface area contributed by atoms with Crippen molar-refractivity contribution in [2.24, 2.45) is 10.2 Å². The molecule has 2 aromatic rings. The maximum Gasteiger partial charge on any atom is 0.224 e. The molecule has 0 atom stereocenters. The number of nitrogens with one attached hydrogen (secondary N) is 1. The molecule has 1 aliphatic heterocycles. The third-order valence-electron chi connectivity index (χ3n) is 3.85. The van der Waals surface area contributed by atoms with Crippen molar-refractivity contribution in [1.29, 1.82) is 0 Å². The molecular weight excluding hydrogens is 304 g/mol. The van der Waals surface area contributed by atoms with Crippen LogP contribution >= 0.6 is 0 Å². The molecule has 1 amide bonds. The minimum atomic E-state index is -0.411. The summed E-state index contributed by atoms with van der Waals surface area (Å²) in [6, 6.07) is 7.67. The lowest BCUT2D eigenvalue weighted by molar-refractivity contribution is -0.116. The van der Waals surface area contributed by atoms with E-state index < -0.39 is 5.66 Å². The molecule has 0 saturated heterocycles. The van der Waals surface area contributed by atoms with Gasteiger partial charge in [0.1, 0.15) is 12.7 Å². The van der Waals surface area contributed by atoms with Gasteiger partial charge in [-0.15, -0.1) is 12.3 Å². The summed E-state index contributed by atoms with van der Waals surface area (Å²) < 4.78 is 1.74. The lowest BCUT2D eigenvalue weighted by atomic mass is 10.0. The van der Waals surface area contributed by atoms with E-state index in [2.05, 4.69) is 31.5 Å². The standard InChI is InChI=1S/C17H18N6O/c1-2-3-9-17(21-22-17)10-8-16(24)20-15-6-4-14(5-7-15)11-23-13-18-12-19-23/h1,4-7,12-13H,3,8-11H2,(H,20,24). The van der Waals surface area contributed by atoms with Gasteiger partial charge in [0.25, 0.3) is 0 Å². The number of hydrogen-bond donors (Lipinski definition) is 1. The molecule has 3 rings (SSSR count). The predicted molar refractivity (Wildman–Crippen MR) is 89.1 cm³/mol. The number of nitrogens with zero attached hydrogens (tertiary/aromatic N) is 5. The number of benzene rings is 1. The zero-order chi connectivity index (χ0) is 16.8. The number of carbonyl (C=O) groups excluding carboxylic acids is 1. The maximum atomic E-state index is 12.0. The lowest BCUT2D eigenvalue weighted by Crippen LogP contribution is -2.17. The van der Waals surface area contributed by atoms with Crippen molar-refractivity contribution in [3.05, 3.63) is 42.5 Å². The molecule has 1 N–H and O–H groups in total. The Bertz CT molecular complexity index is 751. The van der Waals surface area contributed by atoms with Crippen LogP contribution in [0.3, 0.4) is 0 Å². The number of hydrogen-bond acceptors (Lipinski definition) is 5. The number of terminal acetylenes is 1. The minimum absolute atomic E-state index is 0.0450. The summed E-state index contributed by atoms with van der Waals surface area (Å²) in [6.07, 6.45) is 10.7. The minimum Gasteiger partial charge on any atom is -0.326 e. The fraction of sp³-hybridized carbons (Fsp3) is 0.353. The Kier molecular flexibility index (Phi) is 4.66. The van der Waals surface area contributed by atoms with Gasteiger partial charge in [0.2, 0.25) is 5.91 Å². The summed E-state index contributed by atoms with van der Waals surface area (Å²) in [5.41, 5.74) is 1.44. The zero-order valence-corrected chi connectivity index (χ0v) is 13.2. The molecule has 0 unspecified atom stereocenters. The highest BCUT2D eigenvalue weighted by Gasteiger charge is 2.39. The molecule has 1 aromatic carbocycles. The first kappa shape index (κ1) is 15.9. The summed E-state index contributed by atoms with van der Waals surface area (Å²) in [7, 11) is 0. The Hall–Kier alpha value is -3.01. The van der Waals surface area contributed by atoms with Crippen LogP contribution in [0, 0.1) is 12.3 Å². The van der Waals surface area contributed by atoms with Crippen molar-refractivity contribution in [1.82, 2.24) is 14.8 Å². The van der Waals surface area contributed by atoms with Crippen molar-refractivity contribution in [3.63, 3.8) is 0 Å². The van der Waals surface area contributed by atoms with Crippen LogP contribution in [0.1, 0.15) is 31.2 Å². The molecule has 1 aromatic heterocycles. The molecule has 1 aliphatic rings. The third kappa shape index (κ3) is 4.26. The van der Waals surface area contributed by atoms with Crippen molar-refractivity contribution in [3.8, 4) is 12.3 Å². The van der Waals surface area contributed by atoms with Gasteiger partial charge in [-0.25, -0.2) is 9.67 Å². The van der Waals surface area contributed by atoms with Gasteiger partial charge < -0.3 is 5.32 Å². The lowest BCUT2D eigenvalue weighted by Gasteiger charge is -2.09. The smallest absolute Gasteiger partial charge is 0.224 e. The molecule has 0 bridgehead atoms. The van der Waals surface area contributed by atoms with E-state index in [1.807, 2.05) is 24.3 Å². The number of aromatic nitrogens is 3. The molecular formula is C17H18N6O. The van der Waals surface area contributed by atoms with Crippen LogP contribution in [-0.2, 0) is 11.3 Å². The molecule has 0 aliphatic carbocycles. The number of amides is 1. The fourth-order valence-electron chi connectivity index (χ4n) is 2.40. The number of carbonyl (C=O) groups is 1. The highest BCUT2D eigenvalue weighted by atomic mass is 16.1. The average molecular weight is 322 g/mol. The van der Waals surface area contributed by atoms with Crippen molar-refractivity contribution in [2.75, 3.05) is 5.32 Å². The van der Waals surface area contributed by atoms with Crippen molar-refractivity contribution in [2.45, 2.75) is 37.9 Å². The second-order valence-corrected chi connectivity index (χ2v) is 5.72. The van der Waals surface area contributed by atoms with Gasteiger partial charge >= 0.3 is 0 Å². The maximum absolute atomic E-state index is 12.0. The Morgan fingerprint density at radius 3 is 2.67 bits per heavy atom. The summed E-state index contributed by atoms with van der Waals surface area (Å²) in [5, 5.41) is 15.0. The van der Waals surface area contributed by atoms with Crippen LogP contribution in [0.2, 0.25) is 0 Å². The summed E-state index contributed by atoms with van der Waals surface area (Å²) in [6.45, 7) is 0.648. The molecule has 24 heavy (non-hydrogen) atoms. The van der Waals surface area contributed by atoms with E-state index >= 15 is 0 Å². The summed E-state index contributed by atoms with van der Waals surface area (Å²) in [5.74, 6) is 2.54. The van der Waals surface area contributed by atoms with Gasteiger partial charge in [0, 0.05) is 31.4 Å². The molecule has 0 radical (unpaired) electrons. The van der Waals surface area contributed by atoms with Crippen LogP contribution in [0.5, 0.6) is 0 Å². The van der Waals surface area contributed by atoms with Crippen LogP contribution in [0.25, 0.3) is 0 Å². The van der Waals surface area contributed by atoms with Crippen LogP contribution < -0.4 is 5.32 Å². The SMILES string of the molecule is C#CCCC1(CCC(=O)Nc2ccc(Cn3cncn3)cc2)N=N1. The van der Waals surface area contributed by atoms with Crippen LogP contribution in [0.15, 0.2) is 47.1 Å². The highest BCUT2D eigenvalue weighted by Crippen LogP contribution is 2.37. The number of anilines is 1. The van der Waals surface area contributed by atoms with Crippen molar-refractivity contribution < 1.29 is 4.79 Å².